The van der Waals surface area contributed by atoms with E-state index in [-0.39, 0.29) is 24.2 Å². The summed E-state index contributed by atoms with van der Waals surface area (Å²) in [6.07, 6.45) is 8.02. The van der Waals surface area contributed by atoms with E-state index in [0.717, 1.165) is 37.1 Å². The van der Waals surface area contributed by atoms with E-state index in [1.165, 1.54) is 6.42 Å². The largest absolute Gasteiger partial charge is 0.484 e. The van der Waals surface area contributed by atoms with E-state index in [1.807, 2.05) is 47.5 Å². The predicted octanol–water partition coefficient (Wildman–Crippen LogP) is 2.79. The summed E-state index contributed by atoms with van der Waals surface area (Å²) < 4.78 is 12.0. The van der Waals surface area contributed by atoms with Gasteiger partial charge < -0.3 is 19.7 Å². The third-order valence-electron chi connectivity index (χ3n) is 5.92. The van der Waals surface area contributed by atoms with Crippen LogP contribution >= 0.6 is 0 Å². The number of pyridine rings is 1. The molecule has 29 heavy (non-hydrogen) atoms. The van der Waals surface area contributed by atoms with E-state index < -0.39 is 0 Å². The molecule has 1 aromatic carbocycles. The van der Waals surface area contributed by atoms with Gasteiger partial charge >= 0.3 is 0 Å². The number of hydrogen-bond acceptors (Lipinski definition) is 5. The van der Waals surface area contributed by atoms with E-state index in [4.69, 9.17) is 9.47 Å². The molecular formula is C23H29N3O3. The van der Waals surface area contributed by atoms with Crippen LogP contribution in [0, 0.1) is 0 Å². The molecule has 6 nitrogen and oxygen atoms in total. The van der Waals surface area contributed by atoms with Crippen LogP contribution in [0.4, 0.5) is 0 Å². The molecule has 0 bridgehead atoms. The molecular weight excluding hydrogens is 366 g/mol. The number of rotatable bonds is 6. The van der Waals surface area contributed by atoms with Crippen LogP contribution in [-0.2, 0) is 16.1 Å². The van der Waals surface area contributed by atoms with Crippen molar-refractivity contribution in [3.05, 3.63) is 60.4 Å². The molecule has 1 saturated carbocycles. The number of aromatic nitrogens is 1. The third-order valence-corrected chi connectivity index (χ3v) is 5.92. The lowest BCUT2D eigenvalue weighted by Crippen LogP contribution is -2.64. The first-order valence-corrected chi connectivity index (χ1v) is 10.5. The van der Waals surface area contributed by atoms with Crippen molar-refractivity contribution in [3.63, 3.8) is 0 Å². The Bertz CT molecular complexity index is 782. The second-order valence-electron chi connectivity index (χ2n) is 7.87. The molecule has 0 radical (unpaired) electrons. The van der Waals surface area contributed by atoms with Gasteiger partial charge in [-0.05, 0) is 36.6 Å². The van der Waals surface area contributed by atoms with Gasteiger partial charge in [0, 0.05) is 31.5 Å². The summed E-state index contributed by atoms with van der Waals surface area (Å²) in [4.78, 5) is 18.9. The number of benzene rings is 1. The van der Waals surface area contributed by atoms with Crippen LogP contribution in [0.25, 0.3) is 0 Å². The predicted molar refractivity (Wildman–Crippen MR) is 111 cm³/mol. The molecule has 1 aliphatic carbocycles. The summed E-state index contributed by atoms with van der Waals surface area (Å²) in [5.74, 6) is 0.741. The number of para-hydroxylation sites is 1. The van der Waals surface area contributed by atoms with Gasteiger partial charge in [0.05, 0.1) is 13.2 Å². The number of morpholine rings is 1. The van der Waals surface area contributed by atoms with Gasteiger partial charge in [-0.2, -0.15) is 0 Å². The van der Waals surface area contributed by atoms with Gasteiger partial charge in [-0.15, -0.1) is 0 Å². The highest BCUT2D eigenvalue weighted by Crippen LogP contribution is 2.35. The molecule has 1 aliphatic heterocycles. The standard InChI is InChI=1S/C23H29N3O3/c27-22(17-28-20-8-2-1-3-9-20)26-13-14-29-23(18-26)11-5-4-10-21(23)25-16-19-7-6-12-24-15-19/h1-3,6-9,12,15,21,25H,4-5,10-11,13-14,16-18H2/t21-,23+/m0/s1. The van der Waals surface area contributed by atoms with E-state index in [0.29, 0.717) is 19.7 Å². The quantitative estimate of drug-likeness (QED) is 0.815. The summed E-state index contributed by atoms with van der Waals surface area (Å²) in [5, 5.41) is 3.68. The number of ether oxygens (including phenoxy) is 2. The van der Waals surface area contributed by atoms with Crippen LogP contribution in [-0.4, -0.2) is 53.7 Å². The minimum Gasteiger partial charge on any atom is -0.484 e. The smallest absolute Gasteiger partial charge is 0.260 e. The Labute approximate surface area is 172 Å². The Balaban J connectivity index is 1.38. The molecule has 2 aliphatic rings. The molecule has 4 rings (SSSR count). The monoisotopic (exact) mass is 395 g/mol. The highest BCUT2D eigenvalue weighted by Gasteiger charge is 2.45. The summed E-state index contributed by atoms with van der Waals surface area (Å²) in [5.41, 5.74) is 0.842. The molecule has 0 unspecified atom stereocenters. The van der Waals surface area contributed by atoms with Gasteiger partial charge in [0.2, 0.25) is 0 Å². The zero-order valence-corrected chi connectivity index (χ0v) is 16.8. The maximum Gasteiger partial charge on any atom is 0.260 e. The van der Waals surface area contributed by atoms with Crippen LogP contribution in [0.5, 0.6) is 5.75 Å². The van der Waals surface area contributed by atoms with Crippen molar-refractivity contribution in [2.45, 2.75) is 43.9 Å². The van der Waals surface area contributed by atoms with Crippen LogP contribution in [0.1, 0.15) is 31.2 Å². The highest BCUT2D eigenvalue weighted by atomic mass is 16.5. The lowest BCUT2D eigenvalue weighted by atomic mass is 9.78. The molecule has 2 fully saturated rings. The molecule has 1 spiro atoms. The second-order valence-corrected chi connectivity index (χ2v) is 7.87. The molecule has 1 aromatic heterocycles. The van der Waals surface area contributed by atoms with Crippen LogP contribution in [0.15, 0.2) is 54.9 Å². The first kappa shape index (κ1) is 19.9. The Morgan fingerprint density at radius 1 is 1.24 bits per heavy atom. The van der Waals surface area contributed by atoms with Crippen molar-refractivity contribution >= 4 is 5.91 Å². The Morgan fingerprint density at radius 3 is 2.97 bits per heavy atom. The molecule has 6 heteroatoms. The zero-order valence-electron chi connectivity index (χ0n) is 16.8. The first-order valence-electron chi connectivity index (χ1n) is 10.5. The Hall–Kier alpha value is -2.44. The maximum atomic E-state index is 12.8. The lowest BCUT2D eigenvalue weighted by molar-refractivity contribution is -0.164. The van der Waals surface area contributed by atoms with E-state index in [9.17, 15) is 4.79 Å². The van der Waals surface area contributed by atoms with Gasteiger partial charge in [0.15, 0.2) is 6.61 Å². The highest BCUT2D eigenvalue weighted by molar-refractivity contribution is 5.78. The molecule has 1 saturated heterocycles. The van der Waals surface area contributed by atoms with Crippen LogP contribution in [0.2, 0.25) is 0 Å². The molecule has 2 atom stereocenters. The summed E-state index contributed by atoms with van der Waals surface area (Å²) in [6, 6.07) is 13.7. The number of amides is 1. The van der Waals surface area contributed by atoms with E-state index in [1.54, 1.807) is 6.20 Å². The van der Waals surface area contributed by atoms with Crippen molar-refractivity contribution in [2.75, 3.05) is 26.3 Å². The number of carbonyl (C=O) groups excluding carboxylic acids is 1. The summed E-state index contributed by atoms with van der Waals surface area (Å²) in [7, 11) is 0. The minimum atomic E-state index is -0.318. The first-order chi connectivity index (χ1) is 14.3. The van der Waals surface area contributed by atoms with Gasteiger partial charge in [-0.3, -0.25) is 9.78 Å². The van der Waals surface area contributed by atoms with Crippen LogP contribution in [0.3, 0.4) is 0 Å². The fourth-order valence-electron chi connectivity index (χ4n) is 4.38. The molecule has 1 amide bonds. The van der Waals surface area contributed by atoms with Crippen molar-refractivity contribution in [2.24, 2.45) is 0 Å². The van der Waals surface area contributed by atoms with Gasteiger partial charge in [-0.1, -0.05) is 37.1 Å². The van der Waals surface area contributed by atoms with Crippen molar-refractivity contribution in [3.8, 4) is 5.75 Å². The van der Waals surface area contributed by atoms with Gasteiger partial charge in [0.1, 0.15) is 11.4 Å². The molecule has 2 heterocycles. The van der Waals surface area contributed by atoms with E-state index >= 15 is 0 Å². The van der Waals surface area contributed by atoms with Crippen molar-refractivity contribution in [1.82, 2.24) is 15.2 Å². The molecule has 1 N–H and O–H groups in total. The topological polar surface area (TPSA) is 63.7 Å². The SMILES string of the molecule is O=C(COc1ccccc1)N1CCO[C@]2(CCCC[C@@H]2NCc2cccnc2)C1. The second kappa shape index (κ2) is 9.37. The number of nitrogens with zero attached hydrogens (tertiary/aromatic N) is 2. The Morgan fingerprint density at radius 2 is 2.14 bits per heavy atom. The molecule has 2 aromatic rings. The Kier molecular flexibility index (Phi) is 6.42. The van der Waals surface area contributed by atoms with Crippen molar-refractivity contribution in [1.29, 1.82) is 0 Å². The van der Waals surface area contributed by atoms with Gasteiger partial charge in [-0.25, -0.2) is 0 Å². The van der Waals surface area contributed by atoms with Crippen LogP contribution < -0.4 is 10.1 Å². The third kappa shape index (κ3) is 4.95. The number of carbonyl (C=O) groups is 1. The fraction of sp³-hybridized carbons (Fsp3) is 0.478. The van der Waals surface area contributed by atoms with Gasteiger partial charge in [0.25, 0.3) is 5.91 Å². The number of hydrogen-bond donors (Lipinski definition) is 1. The minimum absolute atomic E-state index is 0.0214. The average Bonchev–Trinajstić information content (AvgIpc) is 2.78. The van der Waals surface area contributed by atoms with Crippen molar-refractivity contribution < 1.29 is 14.3 Å². The summed E-state index contributed by atoms with van der Waals surface area (Å²) in [6.45, 7) is 2.63. The van der Waals surface area contributed by atoms with E-state index in [2.05, 4.69) is 16.4 Å². The average molecular weight is 396 g/mol. The maximum absolute atomic E-state index is 12.8. The summed E-state index contributed by atoms with van der Waals surface area (Å²) >= 11 is 0. The fourth-order valence-corrected chi connectivity index (χ4v) is 4.38. The molecule has 154 valence electrons. The zero-order chi connectivity index (χ0) is 19.9. The number of nitrogens with one attached hydrogen (secondary N) is 1. The lowest BCUT2D eigenvalue weighted by Gasteiger charge is -2.49. The normalized spacial score (nSPS) is 24.4.